The monoisotopic (exact) mass is 290 g/mol. The number of hydrogen-bond donors (Lipinski definition) is 1. The normalized spacial score (nSPS) is 12.1. The van der Waals surface area contributed by atoms with E-state index >= 15 is 0 Å². The van der Waals surface area contributed by atoms with E-state index in [4.69, 9.17) is 0 Å². The Bertz CT molecular complexity index is 471. The molecule has 0 amide bonds. The number of rotatable bonds is 4. The highest BCUT2D eigenvalue weighted by atomic mass is 79.9. The highest BCUT2D eigenvalue weighted by molar-refractivity contribution is 9.10. The molecule has 2 aromatic rings. The Labute approximate surface area is 110 Å². The molecule has 0 aliphatic heterocycles. The summed E-state index contributed by atoms with van der Waals surface area (Å²) in [6.45, 7) is 2.17. The van der Waals surface area contributed by atoms with E-state index in [1.165, 1.54) is 5.56 Å². The SMILES string of the molecule is CCC(Nc1cccc(Br)n1)c1ccccc1. The van der Waals surface area contributed by atoms with Crippen molar-refractivity contribution in [3.63, 3.8) is 0 Å². The lowest BCUT2D eigenvalue weighted by atomic mass is 10.0. The van der Waals surface area contributed by atoms with Crippen molar-refractivity contribution in [2.24, 2.45) is 0 Å². The van der Waals surface area contributed by atoms with Gasteiger partial charge in [0, 0.05) is 0 Å². The van der Waals surface area contributed by atoms with Crippen LogP contribution in [0.25, 0.3) is 0 Å². The van der Waals surface area contributed by atoms with Gasteiger partial charge in [-0.15, -0.1) is 0 Å². The van der Waals surface area contributed by atoms with Crippen LogP contribution in [0.1, 0.15) is 24.9 Å². The molecule has 0 saturated heterocycles. The predicted molar refractivity (Wildman–Crippen MR) is 75.0 cm³/mol. The number of hydrogen-bond acceptors (Lipinski definition) is 2. The van der Waals surface area contributed by atoms with Crippen molar-refractivity contribution in [2.75, 3.05) is 5.32 Å². The Kier molecular flexibility index (Phi) is 4.15. The number of pyridine rings is 1. The van der Waals surface area contributed by atoms with Gasteiger partial charge in [0.05, 0.1) is 6.04 Å². The van der Waals surface area contributed by atoms with Gasteiger partial charge in [-0.05, 0) is 40.0 Å². The van der Waals surface area contributed by atoms with Crippen LogP contribution in [-0.4, -0.2) is 4.98 Å². The predicted octanol–water partition coefficient (Wildman–Crippen LogP) is 4.41. The molecule has 1 aromatic carbocycles. The van der Waals surface area contributed by atoms with E-state index in [0.717, 1.165) is 16.8 Å². The quantitative estimate of drug-likeness (QED) is 0.844. The third-order valence-electron chi connectivity index (χ3n) is 2.65. The second kappa shape index (κ2) is 5.82. The topological polar surface area (TPSA) is 24.9 Å². The number of aromatic nitrogens is 1. The summed E-state index contributed by atoms with van der Waals surface area (Å²) >= 11 is 3.38. The fraction of sp³-hybridized carbons (Fsp3) is 0.214. The van der Waals surface area contributed by atoms with Crippen molar-refractivity contribution < 1.29 is 0 Å². The maximum absolute atomic E-state index is 4.39. The van der Waals surface area contributed by atoms with Gasteiger partial charge in [0.25, 0.3) is 0 Å². The Morgan fingerprint density at radius 2 is 1.88 bits per heavy atom. The summed E-state index contributed by atoms with van der Waals surface area (Å²) in [4.78, 5) is 4.39. The fourth-order valence-electron chi connectivity index (χ4n) is 1.77. The first-order valence-corrected chi connectivity index (χ1v) is 6.53. The Morgan fingerprint density at radius 1 is 1.12 bits per heavy atom. The first-order valence-electron chi connectivity index (χ1n) is 5.73. The molecule has 2 rings (SSSR count). The molecule has 17 heavy (non-hydrogen) atoms. The van der Waals surface area contributed by atoms with Gasteiger partial charge in [0.1, 0.15) is 10.4 Å². The lowest BCUT2D eigenvalue weighted by Crippen LogP contribution is -2.10. The highest BCUT2D eigenvalue weighted by Gasteiger charge is 2.08. The molecule has 0 aliphatic carbocycles. The van der Waals surface area contributed by atoms with Gasteiger partial charge in [-0.1, -0.05) is 43.3 Å². The minimum absolute atomic E-state index is 0.304. The molecule has 0 saturated carbocycles. The van der Waals surface area contributed by atoms with Gasteiger partial charge >= 0.3 is 0 Å². The summed E-state index contributed by atoms with van der Waals surface area (Å²) < 4.78 is 0.852. The van der Waals surface area contributed by atoms with E-state index in [9.17, 15) is 0 Å². The van der Waals surface area contributed by atoms with Crippen LogP contribution in [0.5, 0.6) is 0 Å². The first kappa shape index (κ1) is 12.1. The lowest BCUT2D eigenvalue weighted by Gasteiger charge is -2.18. The van der Waals surface area contributed by atoms with Crippen molar-refractivity contribution >= 4 is 21.7 Å². The Balaban J connectivity index is 2.16. The summed E-state index contributed by atoms with van der Waals surface area (Å²) in [6, 6.07) is 16.6. The molecule has 0 radical (unpaired) electrons. The van der Waals surface area contributed by atoms with Crippen LogP contribution < -0.4 is 5.32 Å². The molecule has 1 heterocycles. The molecule has 88 valence electrons. The molecule has 1 atom stereocenters. The number of anilines is 1. The molecule has 3 heteroatoms. The lowest BCUT2D eigenvalue weighted by molar-refractivity contribution is 0.744. The second-order valence-corrected chi connectivity index (χ2v) is 4.67. The standard InChI is InChI=1S/C14H15BrN2/c1-2-12(11-7-4-3-5-8-11)16-14-10-6-9-13(15)17-14/h3-10,12H,2H2,1H3,(H,16,17). The van der Waals surface area contributed by atoms with Gasteiger partial charge in [-0.3, -0.25) is 0 Å². The minimum Gasteiger partial charge on any atom is -0.363 e. The summed E-state index contributed by atoms with van der Waals surface area (Å²) in [7, 11) is 0. The summed E-state index contributed by atoms with van der Waals surface area (Å²) in [6.07, 6.45) is 1.03. The zero-order chi connectivity index (χ0) is 12.1. The van der Waals surface area contributed by atoms with Crippen LogP contribution >= 0.6 is 15.9 Å². The zero-order valence-corrected chi connectivity index (χ0v) is 11.3. The largest absolute Gasteiger partial charge is 0.363 e. The molecule has 0 aliphatic rings. The van der Waals surface area contributed by atoms with Crippen LogP contribution in [0.3, 0.4) is 0 Å². The third-order valence-corrected chi connectivity index (χ3v) is 3.09. The maximum Gasteiger partial charge on any atom is 0.127 e. The van der Waals surface area contributed by atoms with E-state index in [0.29, 0.717) is 6.04 Å². The Hall–Kier alpha value is -1.35. The van der Waals surface area contributed by atoms with Crippen molar-refractivity contribution in [1.29, 1.82) is 0 Å². The molecular formula is C14H15BrN2. The number of halogens is 1. The van der Waals surface area contributed by atoms with E-state index in [2.05, 4.69) is 57.4 Å². The minimum atomic E-state index is 0.304. The molecule has 1 aromatic heterocycles. The molecule has 0 bridgehead atoms. The van der Waals surface area contributed by atoms with Crippen LogP contribution in [0, 0.1) is 0 Å². The smallest absolute Gasteiger partial charge is 0.127 e. The van der Waals surface area contributed by atoms with E-state index < -0.39 is 0 Å². The molecule has 0 spiro atoms. The van der Waals surface area contributed by atoms with Gasteiger partial charge in [0.15, 0.2) is 0 Å². The van der Waals surface area contributed by atoms with Crippen molar-refractivity contribution in [1.82, 2.24) is 4.98 Å². The number of benzene rings is 1. The molecule has 1 N–H and O–H groups in total. The van der Waals surface area contributed by atoms with Crippen molar-refractivity contribution in [3.05, 3.63) is 58.7 Å². The average Bonchev–Trinajstić information content (AvgIpc) is 2.37. The molecule has 2 nitrogen and oxygen atoms in total. The van der Waals surface area contributed by atoms with Crippen molar-refractivity contribution in [2.45, 2.75) is 19.4 Å². The Morgan fingerprint density at radius 3 is 2.53 bits per heavy atom. The van der Waals surface area contributed by atoms with Crippen molar-refractivity contribution in [3.8, 4) is 0 Å². The fourth-order valence-corrected chi connectivity index (χ4v) is 2.12. The van der Waals surface area contributed by atoms with Gasteiger partial charge < -0.3 is 5.32 Å². The number of nitrogens with zero attached hydrogens (tertiary/aromatic N) is 1. The molecule has 1 unspecified atom stereocenters. The summed E-state index contributed by atoms with van der Waals surface area (Å²) in [5.41, 5.74) is 1.29. The third kappa shape index (κ3) is 3.30. The second-order valence-electron chi connectivity index (χ2n) is 3.86. The van der Waals surface area contributed by atoms with E-state index in [1.807, 2.05) is 24.3 Å². The molecular weight excluding hydrogens is 276 g/mol. The van der Waals surface area contributed by atoms with Gasteiger partial charge in [0.2, 0.25) is 0 Å². The summed E-state index contributed by atoms with van der Waals surface area (Å²) in [5, 5.41) is 3.44. The number of nitrogens with one attached hydrogen (secondary N) is 1. The highest BCUT2D eigenvalue weighted by Crippen LogP contribution is 2.21. The van der Waals surface area contributed by atoms with Crippen LogP contribution in [-0.2, 0) is 0 Å². The zero-order valence-electron chi connectivity index (χ0n) is 9.73. The van der Waals surface area contributed by atoms with Crippen LogP contribution in [0.15, 0.2) is 53.1 Å². The van der Waals surface area contributed by atoms with Gasteiger partial charge in [-0.2, -0.15) is 0 Å². The average molecular weight is 291 g/mol. The first-order chi connectivity index (χ1) is 8.29. The summed E-state index contributed by atoms with van der Waals surface area (Å²) in [5.74, 6) is 0.898. The molecule has 0 fully saturated rings. The maximum atomic E-state index is 4.39. The van der Waals surface area contributed by atoms with E-state index in [-0.39, 0.29) is 0 Å². The van der Waals surface area contributed by atoms with Crippen LogP contribution in [0.2, 0.25) is 0 Å². The van der Waals surface area contributed by atoms with E-state index in [1.54, 1.807) is 0 Å². The van der Waals surface area contributed by atoms with Gasteiger partial charge in [-0.25, -0.2) is 4.98 Å². The van der Waals surface area contributed by atoms with Crippen LogP contribution in [0.4, 0.5) is 5.82 Å².